The Bertz CT molecular complexity index is 639. The van der Waals surface area contributed by atoms with Gasteiger partial charge in [-0.25, -0.2) is 4.79 Å². The minimum absolute atomic E-state index is 0.286. The van der Waals surface area contributed by atoms with E-state index in [1.807, 2.05) is 12.1 Å². The average Bonchev–Trinajstić information content (AvgIpc) is 2.61. The number of alkyl halides is 3. The highest BCUT2D eigenvalue weighted by Crippen LogP contribution is 2.18. The Morgan fingerprint density at radius 3 is 2.64 bits per heavy atom. The summed E-state index contributed by atoms with van der Waals surface area (Å²) in [6, 6.07) is 8.97. The van der Waals surface area contributed by atoms with Crippen LogP contribution in [0.3, 0.4) is 0 Å². The third kappa shape index (κ3) is 4.30. The molecular weight excluding hydrogens is 295 g/mol. The van der Waals surface area contributed by atoms with Crippen molar-refractivity contribution in [3.63, 3.8) is 0 Å². The second-order valence-corrected chi connectivity index (χ2v) is 5.06. The van der Waals surface area contributed by atoms with E-state index in [4.69, 9.17) is 0 Å². The highest BCUT2D eigenvalue weighted by molar-refractivity contribution is 5.55. The molecule has 0 spiro atoms. The van der Waals surface area contributed by atoms with Crippen molar-refractivity contribution in [2.75, 3.05) is 19.6 Å². The van der Waals surface area contributed by atoms with Crippen LogP contribution in [-0.4, -0.2) is 40.3 Å². The van der Waals surface area contributed by atoms with Crippen molar-refractivity contribution in [1.82, 2.24) is 14.5 Å². The number of halogens is 3. The Balaban J connectivity index is 2.01. The van der Waals surface area contributed by atoms with E-state index in [0.29, 0.717) is 30.9 Å². The van der Waals surface area contributed by atoms with Gasteiger partial charge in [0, 0.05) is 13.1 Å². The molecule has 0 unspecified atom stereocenters. The normalized spacial score (nSPS) is 12.2. The SMILES string of the molecule is CCN(CCCn1c2cccccc-2nc1=O)CC(F)(F)F. The van der Waals surface area contributed by atoms with Crippen molar-refractivity contribution in [2.24, 2.45) is 0 Å². The summed E-state index contributed by atoms with van der Waals surface area (Å²) in [7, 11) is 0. The van der Waals surface area contributed by atoms with Crippen LogP contribution >= 0.6 is 0 Å². The smallest absolute Gasteiger partial charge is 0.295 e. The summed E-state index contributed by atoms with van der Waals surface area (Å²) in [5, 5.41) is 0. The van der Waals surface area contributed by atoms with Gasteiger partial charge in [0.05, 0.1) is 17.9 Å². The van der Waals surface area contributed by atoms with Crippen LogP contribution in [0.25, 0.3) is 11.4 Å². The van der Waals surface area contributed by atoms with Crippen LogP contribution in [0.15, 0.2) is 35.1 Å². The molecule has 1 aliphatic carbocycles. The zero-order valence-electron chi connectivity index (χ0n) is 12.3. The molecule has 120 valence electrons. The summed E-state index contributed by atoms with van der Waals surface area (Å²) in [6.07, 6.45) is -3.74. The van der Waals surface area contributed by atoms with E-state index in [1.165, 1.54) is 9.47 Å². The third-order valence-electron chi connectivity index (χ3n) is 3.44. The largest absolute Gasteiger partial charge is 0.401 e. The first-order valence-corrected chi connectivity index (χ1v) is 7.15. The van der Waals surface area contributed by atoms with Gasteiger partial charge in [-0.05, 0) is 25.1 Å². The number of fused-ring (bicyclic) bond motifs is 1. The van der Waals surface area contributed by atoms with Gasteiger partial charge in [-0.15, -0.1) is 0 Å². The number of aromatic nitrogens is 2. The first-order valence-electron chi connectivity index (χ1n) is 7.15. The average molecular weight is 313 g/mol. The first kappa shape index (κ1) is 16.5. The molecule has 0 amide bonds. The predicted molar refractivity (Wildman–Crippen MR) is 77.9 cm³/mol. The number of rotatable bonds is 6. The van der Waals surface area contributed by atoms with E-state index in [9.17, 15) is 18.0 Å². The van der Waals surface area contributed by atoms with Crippen LogP contribution in [0.1, 0.15) is 13.3 Å². The van der Waals surface area contributed by atoms with Gasteiger partial charge in [0.2, 0.25) is 0 Å². The summed E-state index contributed by atoms with van der Waals surface area (Å²) in [4.78, 5) is 17.1. The second-order valence-electron chi connectivity index (χ2n) is 5.06. The molecule has 0 aromatic heterocycles. The summed E-state index contributed by atoms with van der Waals surface area (Å²) >= 11 is 0. The van der Waals surface area contributed by atoms with E-state index in [2.05, 4.69) is 4.98 Å². The fourth-order valence-electron chi connectivity index (χ4n) is 2.39. The van der Waals surface area contributed by atoms with E-state index in [0.717, 1.165) is 0 Å². The lowest BCUT2D eigenvalue weighted by Gasteiger charge is -2.21. The summed E-state index contributed by atoms with van der Waals surface area (Å²) in [5.41, 5.74) is 0.937. The summed E-state index contributed by atoms with van der Waals surface area (Å²) in [6.45, 7) is 1.73. The molecule has 0 saturated heterocycles. The molecule has 0 N–H and O–H groups in total. The lowest BCUT2D eigenvalue weighted by atomic mass is 10.3. The topological polar surface area (TPSA) is 38.1 Å². The van der Waals surface area contributed by atoms with Gasteiger partial charge < -0.3 is 0 Å². The van der Waals surface area contributed by atoms with Crippen molar-refractivity contribution in [3.8, 4) is 11.4 Å². The van der Waals surface area contributed by atoms with Crippen LogP contribution in [0, 0.1) is 0 Å². The number of imidazole rings is 1. The highest BCUT2D eigenvalue weighted by Gasteiger charge is 2.29. The maximum absolute atomic E-state index is 12.4. The first-order chi connectivity index (χ1) is 10.4. The van der Waals surface area contributed by atoms with Crippen molar-refractivity contribution >= 4 is 0 Å². The van der Waals surface area contributed by atoms with Gasteiger partial charge in [0.15, 0.2) is 0 Å². The quantitative estimate of drug-likeness (QED) is 0.823. The highest BCUT2D eigenvalue weighted by atomic mass is 19.4. The van der Waals surface area contributed by atoms with Crippen LogP contribution in [-0.2, 0) is 6.54 Å². The van der Waals surface area contributed by atoms with Crippen molar-refractivity contribution in [1.29, 1.82) is 0 Å². The van der Waals surface area contributed by atoms with Gasteiger partial charge in [-0.3, -0.25) is 9.47 Å². The van der Waals surface area contributed by atoms with Crippen LogP contribution in [0.2, 0.25) is 0 Å². The molecule has 0 atom stereocenters. The van der Waals surface area contributed by atoms with Gasteiger partial charge in [0.25, 0.3) is 0 Å². The molecule has 0 aromatic rings. The third-order valence-corrected chi connectivity index (χ3v) is 3.44. The standard InChI is InChI=1S/C15H18F3N3O/c1-2-20(11-15(16,17)18)9-6-10-21-13-8-5-3-4-7-12(13)19-14(21)22/h3-5,7-8H,2,6,9-11H2,1H3. The number of hydrogen-bond donors (Lipinski definition) is 0. The van der Waals surface area contributed by atoms with Crippen molar-refractivity contribution in [2.45, 2.75) is 26.1 Å². The molecule has 2 rings (SSSR count). The van der Waals surface area contributed by atoms with Crippen LogP contribution in [0.5, 0.6) is 0 Å². The molecule has 1 aliphatic heterocycles. The lowest BCUT2D eigenvalue weighted by molar-refractivity contribution is -0.145. The Morgan fingerprint density at radius 1 is 1.23 bits per heavy atom. The molecule has 0 radical (unpaired) electrons. The fourth-order valence-corrected chi connectivity index (χ4v) is 2.39. The molecule has 0 aromatic carbocycles. The van der Waals surface area contributed by atoms with E-state index in [1.54, 1.807) is 25.1 Å². The predicted octanol–water partition coefficient (Wildman–Crippen LogP) is 2.62. The monoisotopic (exact) mass is 313 g/mol. The van der Waals surface area contributed by atoms with Gasteiger partial charge in [0.1, 0.15) is 0 Å². The Hall–Kier alpha value is -1.89. The summed E-state index contributed by atoms with van der Waals surface area (Å²) < 4.78 is 38.7. The van der Waals surface area contributed by atoms with Gasteiger partial charge >= 0.3 is 11.9 Å². The van der Waals surface area contributed by atoms with E-state index >= 15 is 0 Å². The molecule has 22 heavy (non-hydrogen) atoms. The molecule has 7 heteroatoms. The number of hydrogen-bond acceptors (Lipinski definition) is 3. The molecule has 0 fully saturated rings. The zero-order valence-corrected chi connectivity index (χ0v) is 12.3. The fraction of sp³-hybridized carbons (Fsp3) is 0.467. The second kappa shape index (κ2) is 6.91. The van der Waals surface area contributed by atoms with Crippen molar-refractivity contribution < 1.29 is 13.2 Å². The molecule has 2 aliphatic rings. The lowest BCUT2D eigenvalue weighted by Crippen LogP contribution is -2.35. The summed E-state index contributed by atoms with van der Waals surface area (Å²) in [5.74, 6) is 0. The van der Waals surface area contributed by atoms with Crippen LogP contribution in [0.4, 0.5) is 13.2 Å². The molecule has 1 heterocycles. The molecular formula is C15H18F3N3O. The van der Waals surface area contributed by atoms with Crippen LogP contribution < -0.4 is 5.69 Å². The Labute approximate surface area is 126 Å². The zero-order chi connectivity index (χ0) is 16.2. The maximum Gasteiger partial charge on any atom is 0.401 e. The van der Waals surface area contributed by atoms with E-state index < -0.39 is 12.7 Å². The van der Waals surface area contributed by atoms with Gasteiger partial charge in [-0.2, -0.15) is 18.2 Å². The Morgan fingerprint density at radius 2 is 1.95 bits per heavy atom. The van der Waals surface area contributed by atoms with E-state index in [-0.39, 0.29) is 12.2 Å². The van der Waals surface area contributed by atoms with Gasteiger partial charge in [-0.1, -0.05) is 25.1 Å². The molecule has 0 saturated carbocycles. The minimum Gasteiger partial charge on any atom is -0.295 e. The molecule has 4 nitrogen and oxygen atoms in total. The Kier molecular flexibility index (Phi) is 5.18. The van der Waals surface area contributed by atoms with Crippen molar-refractivity contribution in [3.05, 3.63) is 40.8 Å². The molecule has 0 bridgehead atoms. The number of nitrogens with zero attached hydrogens (tertiary/aromatic N) is 3. The maximum atomic E-state index is 12.4. The minimum atomic E-state index is -4.20.